The predicted molar refractivity (Wildman–Crippen MR) is 95.9 cm³/mol. The lowest BCUT2D eigenvalue weighted by Crippen LogP contribution is -2.14. The van der Waals surface area contributed by atoms with Crippen molar-refractivity contribution in [1.29, 1.82) is 5.26 Å². The summed E-state index contributed by atoms with van der Waals surface area (Å²) in [6.45, 7) is 6.01. The zero-order chi connectivity index (χ0) is 17.7. The number of aryl methyl sites for hydroxylation is 3. The summed E-state index contributed by atoms with van der Waals surface area (Å²) in [5.74, 6) is 0.0881. The van der Waals surface area contributed by atoms with Crippen LogP contribution in [0, 0.1) is 32.1 Å². The number of rotatable bonds is 4. The van der Waals surface area contributed by atoms with Gasteiger partial charge in [0.2, 0.25) is 0 Å². The number of carbonyl (C=O) groups excluding carboxylic acids is 1. The number of amides is 1. The van der Waals surface area contributed by atoms with E-state index in [-0.39, 0.29) is 5.57 Å². The fourth-order valence-corrected chi connectivity index (χ4v) is 2.38. The molecule has 0 atom stereocenters. The number of para-hydroxylation sites is 2. The van der Waals surface area contributed by atoms with Gasteiger partial charge in [-0.2, -0.15) is 5.26 Å². The number of hydrogen-bond donors (Lipinski definition) is 1. The topological polar surface area (TPSA) is 62.1 Å². The third kappa shape index (κ3) is 3.82. The van der Waals surface area contributed by atoms with Crippen LogP contribution in [-0.4, -0.2) is 13.0 Å². The van der Waals surface area contributed by atoms with Crippen molar-refractivity contribution in [3.63, 3.8) is 0 Å². The van der Waals surface area contributed by atoms with E-state index in [1.54, 1.807) is 24.3 Å². The SMILES string of the molecule is COc1ccccc1NC(=O)/C(C#N)=C/c1cc(C)c(C)cc1C. The Morgan fingerprint density at radius 3 is 2.46 bits per heavy atom. The highest BCUT2D eigenvalue weighted by molar-refractivity contribution is 6.10. The molecular formula is C20H20N2O2. The summed E-state index contributed by atoms with van der Waals surface area (Å²) in [7, 11) is 1.53. The first-order chi connectivity index (χ1) is 11.5. The second-order valence-electron chi connectivity index (χ2n) is 5.62. The van der Waals surface area contributed by atoms with Crippen LogP contribution >= 0.6 is 0 Å². The fourth-order valence-electron chi connectivity index (χ4n) is 2.38. The van der Waals surface area contributed by atoms with Crippen LogP contribution in [0.1, 0.15) is 22.3 Å². The molecule has 0 radical (unpaired) electrons. The van der Waals surface area contributed by atoms with Crippen molar-refractivity contribution in [2.24, 2.45) is 0 Å². The number of nitriles is 1. The summed E-state index contributed by atoms with van der Waals surface area (Å²) < 4.78 is 5.21. The maximum absolute atomic E-state index is 12.4. The minimum Gasteiger partial charge on any atom is -0.495 e. The first-order valence-corrected chi connectivity index (χ1v) is 7.60. The van der Waals surface area contributed by atoms with Crippen LogP contribution in [0.3, 0.4) is 0 Å². The molecule has 122 valence electrons. The van der Waals surface area contributed by atoms with Gasteiger partial charge < -0.3 is 10.1 Å². The summed E-state index contributed by atoms with van der Waals surface area (Å²) in [4.78, 5) is 12.4. The predicted octanol–water partition coefficient (Wildman–Crippen LogP) is 4.17. The van der Waals surface area contributed by atoms with Gasteiger partial charge in [0.25, 0.3) is 5.91 Å². The molecule has 2 aromatic rings. The van der Waals surface area contributed by atoms with Crippen LogP contribution in [0.2, 0.25) is 0 Å². The number of benzene rings is 2. The molecule has 24 heavy (non-hydrogen) atoms. The van der Waals surface area contributed by atoms with Crippen LogP contribution < -0.4 is 10.1 Å². The Labute approximate surface area is 142 Å². The van der Waals surface area contributed by atoms with Crippen molar-refractivity contribution in [3.8, 4) is 11.8 Å². The fraction of sp³-hybridized carbons (Fsp3) is 0.200. The number of methoxy groups -OCH3 is 1. The van der Waals surface area contributed by atoms with Crippen LogP contribution in [-0.2, 0) is 4.79 Å². The molecule has 0 aliphatic carbocycles. The van der Waals surface area contributed by atoms with Gasteiger partial charge in [-0.05, 0) is 61.2 Å². The molecular weight excluding hydrogens is 300 g/mol. The molecule has 4 nitrogen and oxygen atoms in total. The Morgan fingerprint density at radius 2 is 1.79 bits per heavy atom. The molecule has 0 saturated heterocycles. The number of carbonyl (C=O) groups is 1. The smallest absolute Gasteiger partial charge is 0.266 e. The molecule has 0 saturated carbocycles. The van der Waals surface area contributed by atoms with Crippen molar-refractivity contribution in [1.82, 2.24) is 0 Å². The molecule has 0 aliphatic heterocycles. The van der Waals surface area contributed by atoms with Gasteiger partial charge in [-0.3, -0.25) is 4.79 Å². The minimum atomic E-state index is -0.459. The first-order valence-electron chi connectivity index (χ1n) is 7.60. The highest BCUT2D eigenvalue weighted by Crippen LogP contribution is 2.24. The van der Waals surface area contributed by atoms with E-state index in [0.29, 0.717) is 11.4 Å². The average molecular weight is 320 g/mol. The Morgan fingerprint density at radius 1 is 1.12 bits per heavy atom. The lowest BCUT2D eigenvalue weighted by molar-refractivity contribution is -0.112. The second-order valence-corrected chi connectivity index (χ2v) is 5.62. The monoisotopic (exact) mass is 320 g/mol. The summed E-state index contributed by atoms with van der Waals surface area (Å²) in [6, 6.07) is 13.1. The molecule has 2 aromatic carbocycles. The lowest BCUT2D eigenvalue weighted by atomic mass is 9.99. The Hall–Kier alpha value is -3.06. The molecule has 0 heterocycles. The number of hydrogen-bond acceptors (Lipinski definition) is 3. The lowest BCUT2D eigenvalue weighted by Gasteiger charge is -2.10. The third-order valence-electron chi connectivity index (χ3n) is 3.90. The number of ether oxygens (including phenoxy) is 1. The molecule has 1 amide bonds. The zero-order valence-electron chi connectivity index (χ0n) is 14.3. The van der Waals surface area contributed by atoms with Crippen molar-refractivity contribution >= 4 is 17.7 Å². The Kier molecular flexibility index (Phi) is 5.39. The van der Waals surface area contributed by atoms with Crippen molar-refractivity contribution < 1.29 is 9.53 Å². The summed E-state index contributed by atoms with van der Waals surface area (Å²) in [5, 5.41) is 12.1. The second kappa shape index (κ2) is 7.47. The van der Waals surface area contributed by atoms with E-state index in [4.69, 9.17) is 4.74 Å². The van der Waals surface area contributed by atoms with E-state index >= 15 is 0 Å². The molecule has 0 aliphatic rings. The van der Waals surface area contributed by atoms with Crippen molar-refractivity contribution in [2.45, 2.75) is 20.8 Å². The molecule has 0 fully saturated rings. The van der Waals surface area contributed by atoms with Gasteiger partial charge in [-0.25, -0.2) is 0 Å². The van der Waals surface area contributed by atoms with Gasteiger partial charge >= 0.3 is 0 Å². The van der Waals surface area contributed by atoms with E-state index in [2.05, 4.69) is 5.32 Å². The standard InChI is InChI=1S/C20H20N2O2/c1-13-9-15(3)16(10-14(13)2)11-17(12-21)20(23)22-18-7-5-6-8-19(18)24-4/h5-11H,1-4H3,(H,22,23)/b17-11+. The number of nitrogens with zero attached hydrogens (tertiary/aromatic N) is 1. The van der Waals surface area contributed by atoms with Crippen molar-refractivity contribution in [3.05, 3.63) is 64.2 Å². The maximum Gasteiger partial charge on any atom is 0.266 e. The van der Waals surface area contributed by atoms with Gasteiger partial charge in [-0.1, -0.05) is 24.3 Å². The van der Waals surface area contributed by atoms with E-state index in [0.717, 1.165) is 16.7 Å². The van der Waals surface area contributed by atoms with Crippen LogP contribution in [0.4, 0.5) is 5.69 Å². The number of nitrogens with one attached hydrogen (secondary N) is 1. The highest BCUT2D eigenvalue weighted by atomic mass is 16.5. The van der Waals surface area contributed by atoms with E-state index in [1.807, 2.05) is 45.0 Å². The van der Waals surface area contributed by atoms with Crippen LogP contribution in [0.5, 0.6) is 5.75 Å². The minimum absolute atomic E-state index is 0.0484. The molecule has 0 aromatic heterocycles. The van der Waals surface area contributed by atoms with Gasteiger partial charge in [-0.15, -0.1) is 0 Å². The largest absolute Gasteiger partial charge is 0.495 e. The molecule has 4 heteroatoms. The molecule has 2 rings (SSSR count). The zero-order valence-corrected chi connectivity index (χ0v) is 14.3. The molecule has 0 spiro atoms. The van der Waals surface area contributed by atoms with E-state index in [9.17, 15) is 10.1 Å². The van der Waals surface area contributed by atoms with Gasteiger partial charge in [0.15, 0.2) is 0 Å². The van der Waals surface area contributed by atoms with Gasteiger partial charge in [0.1, 0.15) is 17.4 Å². The molecule has 0 bridgehead atoms. The van der Waals surface area contributed by atoms with Gasteiger partial charge in [0, 0.05) is 0 Å². The highest BCUT2D eigenvalue weighted by Gasteiger charge is 2.13. The normalized spacial score (nSPS) is 10.9. The quantitative estimate of drug-likeness (QED) is 0.679. The summed E-state index contributed by atoms with van der Waals surface area (Å²) in [6.07, 6.45) is 1.62. The first kappa shape index (κ1) is 17.3. The Bertz CT molecular complexity index is 845. The molecule has 0 unspecified atom stereocenters. The third-order valence-corrected chi connectivity index (χ3v) is 3.90. The summed E-state index contributed by atoms with van der Waals surface area (Å²) >= 11 is 0. The number of anilines is 1. The van der Waals surface area contributed by atoms with Crippen molar-refractivity contribution in [2.75, 3.05) is 12.4 Å². The molecule has 1 N–H and O–H groups in total. The summed E-state index contributed by atoms with van der Waals surface area (Å²) in [5.41, 5.74) is 4.77. The Balaban J connectivity index is 2.33. The van der Waals surface area contributed by atoms with Crippen LogP contribution in [0.25, 0.3) is 6.08 Å². The van der Waals surface area contributed by atoms with Crippen LogP contribution in [0.15, 0.2) is 42.0 Å². The van der Waals surface area contributed by atoms with E-state index in [1.165, 1.54) is 12.7 Å². The van der Waals surface area contributed by atoms with E-state index < -0.39 is 5.91 Å². The average Bonchev–Trinajstić information content (AvgIpc) is 2.57. The maximum atomic E-state index is 12.4. The van der Waals surface area contributed by atoms with Gasteiger partial charge in [0.05, 0.1) is 12.8 Å².